The Balaban J connectivity index is 1.39. The largest absolute Gasteiger partial charge is 0.425 e. The molecule has 2 aromatic heterocycles. The van der Waals surface area contributed by atoms with Gasteiger partial charge in [-0.15, -0.1) is 10.2 Å². The minimum Gasteiger partial charge on any atom is -0.425 e. The van der Waals surface area contributed by atoms with Crippen molar-refractivity contribution in [2.75, 3.05) is 26.2 Å². The zero-order valence-electron chi connectivity index (χ0n) is 18.1. The molecule has 2 fully saturated rings. The molecule has 2 aliphatic rings. The van der Waals surface area contributed by atoms with Crippen molar-refractivity contribution in [2.45, 2.75) is 38.8 Å². The van der Waals surface area contributed by atoms with Crippen LogP contribution in [0.25, 0.3) is 0 Å². The molecule has 0 saturated carbocycles. The Morgan fingerprint density at radius 2 is 2.06 bits per heavy atom. The quantitative estimate of drug-likeness (QED) is 0.631. The van der Waals surface area contributed by atoms with Crippen molar-refractivity contribution in [2.24, 2.45) is 5.92 Å². The summed E-state index contributed by atoms with van der Waals surface area (Å²) in [5, 5.41) is 12.8. The van der Waals surface area contributed by atoms with E-state index in [9.17, 15) is 4.79 Å². The van der Waals surface area contributed by atoms with Crippen molar-refractivity contribution < 1.29 is 9.21 Å². The molecule has 0 spiro atoms. The van der Waals surface area contributed by atoms with Gasteiger partial charge in [-0.05, 0) is 18.9 Å². The van der Waals surface area contributed by atoms with Crippen LogP contribution in [0.15, 0.2) is 47.1 Å². The van der Waals surface area contributed by atoms with E-state index in [1.807, 2.05) is 31.0 Å². The van der Waals surface area contributed by atoms with Gasteiger partial charge < -0.3 is 9.32 Å². The number of carbonyl (C=O) groups excluding carboxylic acids is 1. The fraction of sp³-hybridized carbons (Fsp3) is 0.478. The second-order valence-corrected chi connectivity index (χ2v) is 8.72. The van der Waals surface area contributed by atoms with E-state index in [1.54, 1.807) is 10.9 Å². The molecule has 2 atom stereocenters. The molecule has 1 amide bonds. The third-order valence-corrected chi connectivity index (χ3v) is 6.73. The van der Waals surface area contributed by atoms with Crippen LogP contribution in [-0.4, -0.2) is 61.9 Å². The number of fused-ring (bicyclic) bond motifs is 1. The van der Waals surface area contributed by atoms with Gasteiger partial charge in [0, 0.05) is 58.3 Å². The van der Waals surface area contributed by atoms with Gasteiger partial charge in [-0.1, -0.05) is 30.3 Å². The highest BCUT2D eigenvalue weighted by molar-refractivity contribution is 5.93. The lowest BCUT2D eigenvalue weighted by molar-refractivity contribution is 0.0568. The summed E-state index contributed by atoms with van der Waals surface area (Å²) < 4.78 is 7.75. The van der Waals surface area contributed by atoms with Crippen LogP contribution in [0.5, 0.6) is 0 Å². The van der Waals surface area contributed by atoms with E-state index in [2.05, 4.69) is 44.5 Å². The van der Waals surface area contributed by atoms with E-state index in [0.29, 0.717) is 24.5 Å². The number of hydrogen-bond donors (Lipinski definition) is 0. The van der Waals surface area contributed by atoms with Crippen molar-refractivity contribution in [3.8, 4) is 0 Å². The number of nitrogens with zero attached hydrogens (tertiary/aromatic N) is 6. The fourth-order valence-corrected chi connectivity index (χ4v) is 5.11. The molecule has 5 rings (SSSR count). The number of benzene rings is 1. The summed E-state index contributed by atoms with van der Waals surface area (Å²) in [6.07, 6.45) is 4.32. The summed E-state index contributed by atoms with van der Waals surface area (Å²) in [5.41, 5.74) is 1.74. The smallest absolute Gasteiger partial charge is 0.257 e. The lowest BCUT2D eigenvalue weighted by Gasteiger charge is -2.41. The fourth-order valence-electron chi connectivity index (χ4n) is 5.11. The number of likely N-dealkylation sites (tertiary alicyclic amines) is 2. The Morgan fingerprint density at radius 1 is 1.23 bits per heavy atom. The predicted octanol–water partition coefficient (Wildman–Crippen LogP) is 2.51. The number of piperidine rings is 1. The first-order valence-electron chi connectivity index (χ1n) is 11.0. The maximum atomic E-state index is 13.1. The normalized spacial score (nSPS) is 23.8. The minimum absolute atomic E-state index is 0.0523. The first-order chi connectivity index (χ1) is 15.1. The van der Waals surface area contributed by atoms with Crippen molar-refractivity contribution in [3.63, 3.8) is 0 Å². The van der Waals surface area contributed by atoms with Gasteiger partial charge in [0.1, 0.15) is 0 Å². The van der Waals surface area contributed by atoms with Crippen LogP contribution in [0.3, 0.4) is 0 Å². The molecule has 0 aliphatic carbocycles. The second kappa shape index (κ2) is 7.92. The van der Waals surface area contributed by atoms with Crippen LogP contribution in [0.2, 0.25) is 0 Å². The highest BCUT2D eigenvalue weighted by atomic mass is 16.4. The molecule has 162 valence electrons. The third-order valence-electron chi connectivity index (χ3n) is 6.73. The monoisotopic (exact) mass is 420 g/mol. The summed E-state index contributed by atoms with van der Waals surface area (Å²) in [5.74, 6) is 1.61. The Labute approximate surface area is 181 Å². The van der Waals surface area contributed by atoms with Gasteiger partial charge in [-0.3, -0.25) is 14.4 Å². The van der Waals surface area contributed by atoms with Crippen molar-refractivity contribution in [1.29, 1.82) is 0 Å². The number of hydrogen-bond acceptors (Lipinski definition) is 6. The van der Waals surface area contributed by atoms with E-state index in [4.69, 9.17) is 4.42 Å². The predicted molar refractivity (Wildman–Crippen MR) is 114 cm³/mol. The lowest BCUT2D eigenvalue weighted by atomic mass is 9.72. The molecule has 31 heavy (non-hydrogen) atoms. The van der Waals surface area contributed by atoms with Gasteiger partial charge in [0.15, 0.2) is 0 Å². The van der Waals surface area contributed by atoms with Crippen LogP contribution in [0, 0.1) is 12.8 Å². The number of carbonyl (C=O) groups is 1. The first-order valence-corrected chi connectivity index (χ1v) is 11.0. The number of amides is 1. The van der Waals surface area contributed by atoms with E-state index >= 15 is 0 Å². The van der Waals surface area contributed by atoms with E-state index in [0.717, 1.165) is 38.5 Å². The molecule has 8 nitrogen and oxygen atoms in total. The van der Waals surface area contributed by atoms with E-state index in [1.165, 1.54) is 5.56 Å². The van der Waals surface area contributed by atoms with Gasteiger partial charge in [0.05, 0.1) is 17.2 Å². The summed E-state index contributed by atoms with van der Waals surface area (Å²) in [4.78, 5) is 17.6. The molecule has 0 N–H and O–H groups in total. The maximum Gasteiger partial charge on any atom is 0.257 e. The SMILES string of the molecule is CCn1cc(C(=O)N2CC[C@]3(c4nnc(C)o4)CN(Cc4ccccc4)C[C@@H]3C2)cn1. The topological polar surface area (TPSA) is 80.3 Å². The van der Waals surface area contributed by atoms with E-state index < -0.39 is 0 Å². The van der Waals surface area contributed by atoms with Gasteiger partial charge >= 0.3 is 0 Å². The van der Waals surface area contributed by atoms with Gasteiger partial charge in [-0.25, -0.2) is 0 Å². The zero-order valence-corrected chi connectivity index (χ0v) is 18.1. The maximum absolute atomic E-state index is 13.1. The van der Waals surface area contributed by atoms with Crippen molar-refractivity contribution in [1.82, 2.24) is 29.8 Å². The second-order valence-electron chi connectivity index (χ2n) is 8.72. The minimum atomic E-state index is -0.208. The van der Waals surface area contributed by atoms with Gasteiger partial charge in [-0.2, -0.15) is 5.10 Å². The van der Waals surface area contributed by atoms with Crippen LogP contribution >= 0.6 is 0 Å². The Morgan fingerprint density at radius 3 is 2.77 bits per heavy atom. The zero-order chi connectivity index (χ0) is 21.4. The van der Waals surface area contributed by atoms with E-state index in [-0.39, 0.29) is 17.2 Å². The third kappa shape index (κ3) is 3.65. The molecule has 2 aliphatic heterocycles. The average molecular weight is 421 g/mol. The number of aryl methyl sites for hydroxylation is 2. The summed E-state index contributed by atoms with van der Waals surface area (Å²) in [7, 11) is 0. The summed E-state index contributed by atoms with van der Waals surface area (Å²) in [6, 6.07) is 10.5. The first kappa shape index (κ1) is 19.9. The molecule has 4 heterocycles. The Bertz CT molecular complexity index is 1060. The standard InChI is InChI=1S/C23H28N6O2/c1-3-29-13-19(11-24-29)21(30)28-10-9-23(22-26-25-17(2)31-22)16-27(14-20(23)15-28)12-18-7-5-4-6-8-18/h4-8,11,13,20H,3,9-10,12,14-16H2,1-2H3/t20-,23+/m1/s1. The highest BCUT2D eigenvalue weighted by Gasteiger charge is 2.54. The Hall–Kier alpha value is -3.00. The molecular weight excluding hydrogens is 392 g/mol. The molecule has 1 aromatic carbocycles. The summed E-state index contributed by atoms with van der Waals surface area (Å²) in [6.45, 7) is 8.60. The average Bonchev–Trinajstić information content (AvgIpc) is 3.51. The van der Waals surface area contributed by atoms with Gasteiger partial charge in [0.25, 0.3) is 5.91 Å². The molecule has 0 unspecified atom stereocenters. The lowest BCUT2D eigenvalue weighted by Crippen LogP contribution is -2.51. The molecule has 0 bridgehead atoms. The van der Waals surface area contributed by atoms with Crippen LogP contribution < -0.4 is 0 Å². The summed E-state index contributed by atoms with van der Waals surface area (Å²) >= 11 is 0. The molecule has 2 saturated heterocycles. The van der Waals surface area contributed by atoms with Crippen LogP contribution in [0.1, 0.15) is 41.0 Å². The van der Waals surface area contributed by atoms with Crippen molar-refractivity contribution >= 4 is 5.91 Å². The number of aromatic nitrogens is 4. The van der Waals surface area contributed by atoms with Crippen LogP contribution in [0.4, 0.5) is 0 Å². The number of rotatable bonds is 5. The molecular formula is C23H28N6O2. The Kier molecular flexibility index (Phi) is 5.09. The van der Waals surface area contributed by atoms with Gasteiger partial charge in [0.2, 0.25) is 11.8 Å². The van der Waals surface area contributed by atoms with Crippen molar-refractivity contribution in [3.05, 3.63) is 65.6 Å². The van der Waals surface area contributed by atoms with Crippen LogP contribution in [-0.2, 0) is 18.5 Å². The highest BCUT2D eigenvalue weighted by Crippen LogP contribution is 2.45. The molecule has 0 radical (unpaired) electrons. The molecule has 8 heteroatoms. The molecule has 3 aromatic rings.